The Bertz CT molecular complexity index is 413. The van der Waals surface area contributed by atoms with Crippen molar-refractivity contribution >= 4 is 0 Å². The van der Waals surface area contributed by atoms with Crippen LogP contribution in [-0.4, -0.2) is 5.54 Å². The fraction of sp³-hybridized carbons (Fsp3) is 0.556. The van der Waals surface area contributed by atoms with Crippen molar-refractivity contribution in [3.05, 3.63) is 46.6 Å². The average Bonchev–Trinajstić information content (AvgIpc) is 2.27. The van der Waals surface area contributed by atoms with Crippen molar-refractivity contribution in [2.75, 3.05) is 0 Å². The maximum atomic E-state index is 6.40. The fourth-order valence-corrected chi connectivity index (χ4v) is 2.22. The lowest BCUT2D eigenvalue weighted by Crippen LogP contribution is -2.37. The third kappa shape index (κ3) is 5.20. The molecular weight excluding hydrogens is 230 g/mol. The van der Waals surface area contributed by atoms with Gasteiger partial charge in [-0.3, -0.25) is 0 Å². The molecule has 1 nitrogen and oxygen atoms in total. The fourth-order valence-electron chi connectivity index (χ4n) is 2.22. The van der Waals surface area contributed by atoms with Crippen LogP contribution in [0, 0.1) is 0 Å². The van der Waals surface area contributed by atoms with Gasteiger partial charge in [0, 0.05) is 5.54 Å². The summed E-state index contributed by atoms with van der Waals surface area (Å²) in [5.74, 6) is 0. The summed E-state index contributed by atoms with van der Waals surface area (Å²) in [7, 11) is 0. The summed E-state index contributed by atoms with van der Waals surface area (Å²) in [6.07, 6.45) is 6.46. The molecule has 0 aliphatic heterocycles. The molecule has 0 aliphatic rings. The summed E-state index contributed by atoms with van der Waals surface area (Å²) in [6, 6.07) is 0. The molecule has 0 aromatic carbocycles. The van der Waals surface area contributed by atoms with Crippen LogP contribution in [-0.2, 0) is 0 Å². The average molecular weight is 261 g/mol. The van der Waals surface area contributed by atoms with Gasteiger partial charge >= 0.3 is 0 Å². The summed E-state index contributed by atoms with van der Waals surface area (Å²) in [5.41, 5.74) is 12.3. The van der Waals surface area contributed by atoms with Crippen molar-refractivity contribution in [3.63, 3.8) is 0 Å². The molecule has 0 heterocycles. The Morgan fingerprint density at radius 2 is 1.74 bits per heavy atom. The van der Waals surface area contributed by atoms with Crippen molar-refractivity contribution in [1.29, 1.82) is 0 Å². The summed E-state index contributed by atoms with van der Waals surface area (Å²) in [6.45, 7) is 18.9. The normalized spacial score (nSPS) is 16.0. The predicted octanol–water partition coefficient (Wildman–Crippen LogP) is 5.31. The Morgan fingerprint density at radius 3 is 2.05 bits per heavy atom. The van der Waals surface area contributed by atoms with E-state index in [2.05, 4.69) is 67.2 Å². The van der Waals surface area contributed by atoms with Crippen LogP contribution in [0.4, 0.5) is 0 Å². The second-order valence-corrected chi connectivity index (χ2v) is 5.89. The van der Waals surface area contributed by atoms with Gasteiger partial charge in [-0.05, 0) is 59.1 Å². The Hall–Kier alpha value is -1.08. The predicted molar refractivity (Wildman–Crippen MR) is 88.2 cm³/mol. The van der Waals surface area contributed by atoms with Gasteiger partial charge < -0.3 is 5.73 Å². The molecule has 0 amide bonds. The number of allylic oxidation sites excluding steroid dienone is 6. The number of hydrogen-bond acceptors (Lipinski definition) is 1. The summed E-state index contributed by atoms with van der Waals surface area (Å²) >= 11 is 0. The standard InChI is InChI=1S/C18H31N/c1-9-11-18(8,19)15(7)12-17(14(5)6)16(10-2)13(3)4/h10,12H,3,9,11,19H2,1-2,4-8H3/b15-12+,16-10-. The van der Waals surface area contributed by atoms with E-state index in [1.54, 1.807) is 0 Å². The molecule has 0 spiro atoms. The van der Waals surface area contributed by atoms with Crippen LogP contribution in [0.5, 0.6) is 0 Å². The minimum absolute atomic E-state index is 0.233. The SMILES string of the molecule is C=C(C)/C(=C/C)C(/C=C(\C)C(C)(N)CCC)=C(C)C. The number of rotatable bonds is 6. The molecule has 0 saturated heterocycles. The smallest absolute Gasteiger partial charge is 0.0340 e. The summed E-state index contributed by atoms with van der Waals surface area (Å²) < 4.78 is 0. The van der Waals surface area contributed by atoms with Crippen LogP contribution in [0.15, 0.2) is 46.6 Å². The van der Waals surface area contributed by atoms with E-state index in [-0.39, 0.29) is 5.54 Å². The van der Waals surface area contributed by atoms with Crippen molar-refractivity contribution < 1.29 is 0 Å². The largest absolute Gasteiger partial charge is 0.322 e. The highest BCUT2D eigenvalue weighted by molar-refractivity contribution is 5.53. The van der Waals surface area contributed by atoms with Gasteiger partial charge in [0.15, 0.2) is 0 Å². The molecule has 108 valence electrons. The topological polar surface area (TPSA) is 26.0 Å². The molecule has 0 aromatic heterocycles. The number of nitrogens with two attached hydrogens (primary N) is 1. The zero-order valence-corrected chi connectivity index (χ0v) is 13.9. The van der Waals surface area contributed by atoms with Gasteiger partial charge in [0.25, 0.3) is 0 Å². The highest BCUT2D eigenvalue weighted by Gasteiger charge is 2.20. The molecule has 0 rings (SSSR count). The summed E-state index contributed by atoms with van der Waals surface area (Å²) in [5, 5.41) is 0. The first-order valence-electron chi connectivity index (χ1n) is 7.15. The minimum atomic E-state index is -0.233. The van der Waals surface area contributed by atoms with Crippen molar-refractivity contribution in [1.82, 2.24) is 0 Å². The molecule has 1 unspecified atom stereocenters. The third-order valence-corrected chi connectivity index (χ3v) is 3.61. The highest BCUT2D eigenvalue weighted by Crippen LogP contribution is 2.27. The van der Waals surface area contributed by atoms with Gasteiger partial charge in [-0.15, -0.1) is 0 Å². The number of hydrogen-bond donors (Lipinski definition) is 1. The molecule has 0 fully saturated rings. The second kappa shape index (κ2) is 7.49. The van der Waals surface area contributed by atoms with E-state index < -0.39 is 0 Å². The van der Waals surface area contributed by atoms with Crippen LogP contribution in [0.2, 0.25) is 0 Å². The molecule has 19 heavy (non-hydrogen) atoms. The Balaban J connectivity index is 5.63. The second-order valence-electron chi connectivity index (χ2n) is 5.89. The molecule has 0 saturated carbocycles. The lowest BCUT2D eigenvalue weighted by atomic mass is 9.85. The highest BCUT2D eigenvalue weighted by atomic mass is 14.7. The van der Waals surface area contributed by atoms with Gasteiger partial charge in [0.2, 0.25) is 0 Å². The molecule has 0 bridgehead atoms. The van der Waals surface area contributed by atoms with Crippen LogP contribution in [0.25, 0.3) is 0 Å². The molecular formula is C18H31N. The van der Waals surface area contributed by atoms with Crippen molar-refractivity contribution in [2.24, 2.45) is 5.73 Å². The first-order chi connectivity index (χ1) is 8.67. The molecule has 0 radical (unpaired) electrons. The van der Waals surface area contributed by atoms with Crippen LogP contribution in [0.3, 0.4) is 0 Å². The monoisotopic (exact) mass is 261 g/mol. The van der Waals surface area contributed by atoms with Gasteiger partial charge in [-0.25, -0.2) is 0 Å². The van der Waals surface area contributed by atoms with E-state index in [1.165, 1.54) is 22.3 Å². The van der Waals surface area contributed by atoms with Crippen LogP contribution in [0.1, 0.15) is 61.3 Å². The van der Waals surface area contributed by atoms with Gasteiger partial charge in [0.1, 0.15) is 0 Å². The van der Waals surface area contributed by atoms with Gasteiger partial charge in [-0.1, -0.05) is 48.8 Å². The quantitative estimate of drug-likeness (QED) is 0.644. The lowest BCUT2D eigenvalue weighted by Gasteiger charge is -2.26. The Kier molecular flexibility index (Phi) is 7.07. The molecule has 1 atom stereocenters. The maximum Gasteiger partial charge on any atom is 0.0340 e. The molecule has 0 aliphatic carbocycles. The van der Waals surface area contributed by atoms with E-state index in [9.17, 15) is 0 Å². The third-order valence-electron chi connectivity index (χ3n) is 3.61. The first kappa shape index (κ1) is 17.9. The zero-order chi connectivity index (χ0) is 15.2. The minimum Gasteiger partial charge on any atom is -0.322 e. The zero-order valence-electron chi connectivity index (χ0n) is 13.9. The van der Waals surface area contributed by atoms with Gasteiger partial charge in [-0.2, -0.15) is 0 Å². The van der Waals surface area contributed by atoms with Crippen molar-refractivity contribution in [3.8, 4) is 0 Å². The van der Waals surface area contributed by atoms with Crippen molar-refractivity contribution in [2.45, 2.75) is 66.8 Å². The van der Waals surface area contributed by atoms with Gasteiger partial charge in [0.05, 0.1) is 0 Å². The van der Waals surface area contributed by atoms with E-state index in [0.717, 1.165) is 18.4 Å². The van der Waals surface area contributed by atoms with E-state index >= 15 is 0 Å². The van der Waals surface area contributed by atoms with E-state index in [1.807, 2.05) is 0 Å². The van der Waals surface area contributed by atoms with E-state index in [0.29, 0.717) is 0 Å². The summed E-state index contributed by atoms with van der Waals surface area (Å²) in [4.78, 5) is 0. The molecule has 2 N–H and O–H groups in total. The molecule has 1 heteroatoms. The van der Waals surface area contributed by atoms with Crippen LogP contribution < -0.4 is 5.73 Å². The Labute approximate surface area is 120 Å². The van der Waals surface area contributed by atoms with Crippen LogP contribution >= 0.6 is 0 Å². The first-order valence-corrected chi connectivity index (χ1v) is 7.15. The van der Waals surface area contributed by atoms with E-state index in [4.69, 9.17) is 5.73 Å². The lowest BCUT2D eigenvalue weighted by molar-refractivity contribution is 0.496. The molecule has 0 aromatic rings. The Morgan fingerprint density at radius 1 is 1.21 bits per heavy atom. The maximum absolute atomic E-state index is 6.40.